The molecule has 20 heavy (non-hydrogen) atoms. The van der Waals surface area contributed by atoms with Crippen LogP contribution in [0.3, 0.4) is 0 Å². The van der Waals surface area contributed by atoms with Crippen LogP contribution in [0.1, 0.15) is 21.5 Å². The molecule has 5 heteroatoms. The van der Waals surface area contributed by atoms with Crippen LogP contribution < -0.4 is 0 Å². The summed E-state index contributed by atoms with van der Waals surface area (Å²) in [7, 11) is -1.51. The summed E-state index contributed by atoms with van der Waals surface area (Å²) in [6.45, 7) is 0. The Morgan fingerprint density at radius 1 is 1.15 bits per heavy atom. The summed E-state index contributed by atoms with van der Waals surface area (Å²) in [5.41, 5.74) is 1.13. The van der Waals surface area contributed by atoms with Gasteiger partial charge in [-0.3, -0.25) is 4.21 Å². The summed E-state index contributed by atoms with van der Waals surface area (Å²) in [6.07, 6.45) is 0. The van der Waals surface area contributed by atoms with Gasteiger partial charge in [-0.25, -0.2) is 4.79 Å². The molecule has 1 atom stereocenters. The Hall–Kier alpha value is -2.45. The molecule has 0 heterocycles. The van der Waals surface area contributed by atoms with Crippen molar-refractivity contribution in [1.82, 2.24) is 0 Å². The lowest BCUT2D eigenvalue weighted by atomic mass is 10.1. The van der Waals surface area contributed by atoms with Gasteiger partial charge in [0.05, 0.1) is 38.6 Å². The largest absolute Gasteiger partial charge is 0.478 e. The van der Waals surface area contributed by atoms with Gasteiger partial charge in [-0.1, -0.05) is 30.3 Å². The molecule has 0 amide bonds. The van der Waals surface area contributed by atoms with E-state index in [4.69, 9.17) is 10.4 Å². The highest BCUT2D eigenvalue weighted by Gasteiger charge is 2.15. The highest BCUT2D eigenvalue weighted by molar-refractivity contribution is 7.84. The van der Waals surface area contributed by atoms with Gasteiger partial charge in [0.1, 0.15) is 0 Å². The van der Waals surface area contributed by atoms with Crippen LogP contribution >= 0.6 is 0 Å². The molecule has 0 radical (unpaired) electrons. The molecule has 0 aliphatic carbocycles. The molecule has 0 bridgehead atoms. The predicted octanol–water partition coefficient (Wildman–Crippen LogP) is 2.56. The number of rotatable bonds is 4. The lowest BCUT2D eigenvalue weighted by molar-refractivity contribution is 0.0693. The molecule has 0 spiro atoms. The number of hydrogen-bond acceptors (Lipinski definition) is 3. The predicted molar refractivity (Wildman–Crippen MR) is 74.7 cm³/mol. The number of carboxylic acids is 1. The number of nitrogens with zero attached hydrogens (tertiary/aromatic N) is 1. The minimum atomic E-state index is -1.51. The van der Waals surface area contributed by atoms with Gasteiger partial charge in [0.25, 0.3) is 0 Å². The maximum absolute atomic E-state index is 12.3. The second kappa shape index (κ2) is 6.13. The Morgan fingerprint density at radius 2 is 1.80 bits per heavy atom. The molecule has 2 aromatic carbocycles. The summed E-state index contributed by atoms with van der Waals surface area (Å²) < 4.78 is 12.3. The summed E-state index contributed by atoms with van der Waals surface area (Å²) in [4.78, 5) is 11.4. The van der Waals surface area contributed by atoms with Gasteiger partial charge in [-0.15, -0.1) is 0 Å². The molecule has 1 unspecified atom stereocenters. The van der Waals surface area contributed by atoms with E-state index < -0.39 is 16.8 Å². The van der Waals surface area contributed by atoms with Crippen molar-refractivity contribution in [3.63, 3.8) is 0 Å². The molecular formula is C15H11NO3S. The van der Waals surface area contributed by atoms with Crippen molar-refractivity contribution in [2.45, 2.75) is 10.6 Å². The average molecular weight is 285 g/mol. The fourth-order valence-corrected chi connectivity index (χ4v) is 3.14. The normalized spacial score (nSPS) is 11.6. The average Bonchev–Trinajstić information content (AvgIpc) is 2.47. The molecule has 0 saturated carbocycles. The third-order valence-corrected chi connectivity index (χ3v) is 4.21. The van der Waals surface area contributed by atoms with Crippen molar-refractivity contribution in [3.8, 4) is 6.07 Å². The SMILES string of the molecule is N#Cc1ccccc1CS(=O)c1ccccc1C(=O)O. The van der Waals surface area contributed by atoms with Crippen LogP contribution in [0, 0.1) is 11.3 Å². The van der Waals surface area contributed by atoms with Gasteiger partial charge in [0.2, 0.25) is 0 Å². The number of nitriles is 1. The van der Waals surface area contributed by atoms with Crippen LogP contribution in [0.25, 0.3) is 0 Å². The smallest absolute Gasteiger partial charge is 0.336 e. The summed E-state index contributed by atoms with van der Waals surface area (Å²) >= 11 is 0. The molecule has 4 nitrogen and oxygen atoms in total. The fourth-order valence-electron chi connectivity index (χ4n) is 1.82. The first-order chi connectivity index (χ1) is 9.63. The van der Waals surface area contributed by atoms with Crippen molar-refractivity contribution in [3.05, 3.63) is 65.2 Å². The zero-order valence-corrected chi connectivity index (χ0v) is 11.3. The fraction of sp³-hybridized carbons (Fsp3) is 0.0667. The van der Waals surface area contributed by atoms with Gasteiger partial charge in [0, 0.05) is 0 Å². The first-order valence-electron chi connectivity index (χ1n) is 5.82. The molecule has 0 saturated heterocycles. The second-order valence-corrected chi connectivity index (χ2v) is 5.48. The van der Waals surface area contributed by atoms with Gasteiger partial charge in [-0.05, 0) is 23.8 Å². The minimum Gasteiger partial charge on any atom is -0.478 e. The Morgan fingerprint density at radius 3 is 2.50 bits per heavy atom. The van der Waals surface area contributed by atoms with Crippen molar-refractivity contribution in [2.75, 3.05) is 0 Å². The number of benzene rings is 2. The lowest BCUT2D eigenvalue weighted by Crippen LogP contribution is -2.06. The maximum Gasteiger partial charge on any atom is 0.336 e. The molecule has 2 rings (SSSR count). The van der Waals surface area contributed by atoms with Crippen LogP contribution in [0.15, 0.2) is 53.4 Å². The minimum absolute atomic E-state index is 0.0280. The number of hydrogen-bond donors (Lipinski definition) is 1. The van der Waals surface area contributed by atoms with E-state index >= 15 is 0 Å². The summed E-state index contributed by atoms with van der Waals surface area (Å²) in [5, 5.41) is 18.1. The quantitative estimate of drug-likeness (QED) is 0.936. The van der Waals surface area contributed by atoms with Crippen molar-refractivity contribution in [2.24, 2.45) is 0 Å². The van der Waals surface area contributed by atoms with Crippen LogP contribution in [0.5, 0.6) is 0 Å². The highest BCUT2D eigenvalue weighted by atomic mass is 32.2. The second-order valence-electron chi connectivity index (χ2n) is 4.06. The van der Waals surface area contributed by atoms with E-state index in [2.05, 4.69) is 0 Å². The Bertz CT molecular complexity index is 719. The van der Waals surface area contributed by atoms with Gasteiger partial charge >= 0.3 is 5.97 Å². The third kappa shape index (κ3) is 2.92. The lowest BCUT2D eigenvalue weighted by Gasteiger charge is -2.07. The number of carboxylic acid groups (broad SMARTS) is 1. The van der Waals surface area contributed by atoms with Gasteiger partial charge < -0.3 is 5.11 Å². The summed E-state index contributed by atoms with van der Waals surface area (Å²) in [5.74, 6) is -0.990. The zero-order valence-electron chi connectivity index (χ0n) is 10.4. The van der Waals surface area contributed by atoms with Crippen LogP contribution in [-0.4, -0.2) is 15.3 Å². The van der Waals surface area contributed by atoms with E-state index in [0.29, 0.717) is 11.1 Å². The highest BCUT2D eigenvalue weighted by Crippen LogP contribution is 2.19. The zero-order chi connectivity index (χ0) is 14.5. The monoisotopic (exact) mass is 285 g/mol. The first kappa shape index (κ1) is 14.0. The third-order valence-electron chi connectivity index (χ3n) is 2.79. The number of carbonyl (C=O) groups is 1. The molecular weight excluding hydrogens is 274 g/mol. The van der Waals surface area contributed by atoms with E-state index in [9.17, 15) is 9.00 Å². The maximum atomic E-state index is 12.3. The van der Waals surface area contributed by atoms with E-state index in [-0.39, 0.29) is 16.2 Å². The Kier molecular flexibility index (Phi) is 4.28. The van der Waals surface area contributed by atoms with Crippen LogP contribution in [0.2, 0.25) is 0 Å². The van der Waals surface area contributed by atoms with Crippen LogP contribution in [0.4, 0.5) is 0 Å². The van der Waals surface area contributed by atoms with Crippen LogP contribution in [-0.2, 0) is 16.6 Å². The summed E-state index contributed by atoms with van der Waals surface area (Å²) in [6, 6.07) is 15.1. The standard InChI is InChI=1S/C15H11NO3S/c16-9-11-5-1-2-6-12(11)10-20(19)14-8-4-3-7-13(14)15(17)18/h1-8H,10H2,(H,17,18). The Balaban J connectivity index is 2.34. The van der Waals surface area contributed by atoms with E-state index in [1.807, 2.05) is 6.07 Å². The molecule has 0 aliphatic heterocycles. The topological polar surface area (TPSA) is 78.2 Å². The van der Waals surface area contributed by atoms with Crippen molar-refractivity contribution >= 4 is 16.8 Å². The van der Waals surface area contributed by atoms with Crippen molar-refractivity contribution in [1.29, 1.82) is 5.26 Å². The molecule has 1 N–H and O–H groups in total. The Labute approximate surface area is 118 Å². The molecule has 0 aromatic heterocycles. The number of aromatic carboxylic acids is 1. The molecule has 2 aromatic rings. The molecule has 0 fully saturated rings. The molecule has 100 valence electrons. The van der Waals surface area contributed by atoms with E-state index in [1.165, 1.54) is 12.1 Å². The van der Waals surface area contributed by atoms with E-state index in [0.717, 1.165) is 0 Å². The first-order valence-corrected chi connectivity index (χ1v) is 7.14. The van der Waals surface area contributed by atoms with Gasteiger partial charge in [-0.2, -0.15) is 5.26 Å². The van der Waals surface area contributed by atoms with E-state index in [1.54, 1.807) is 36.4 Å². The van der Waals surface area contributed by atoms with Gasteiger partial charge in [0.15, 0.2) is 0 Å². The van der Waals surface area contributed by atoms with Crippen molar-refractivity contribution < 1.29 is 14.1 Å². The molecule has 0 aliphatic rings.